The van der Waals surface area contributed by atoms with Gasteiger partial charge in [-0.25, -0.2) is 0 Å². The van der Waals surface area contributed by atoms with Crippen molar-refractivity contribution in [2.45, 2.75) is 45.4 Å². The average Bonchev–Trinajstić information content (AvgIpc) is 2.16. The van der Waals surface area contributed by atoms with E-state index in [1.807, 2.05) is 0 Å². The summed E-state index contributed by atoms with van der Waals surface area (Å²) in [5.74, 6) is 0. The van der Waals surface area contributed by atoms with Gasteiger partial charge in [0.05, 0.1) is 0 Å². The number of halogens is 1. The standard InChI is InChI=1S/C12H23O.HI.Mg/c1-3-5-7-8-10-12-13-11-9-6-4-2;;/h5,7H,1,3-4,6,8-12H2,2H3;1H;/q-1;;+2/p-1/b7-5-;;. The van der Waals surface area contributed by atoms with Crippen molar-refractivity contribution in [3.05, 3.63) is 19.1 Å². The van der Waals surface area contributed by atoms with Gasteiger partial charge in [0.15, 0.2) is 0 Å². The van der Waals surface area contributed by atoms with Gasteiger partial charge in [0.1, 0.15) is 0 Å². The van der Waals surface area contributed by atoms with Crippen molar-refractivity contribution in [2.75, 3.05) is 13.2 Å². The summed E-state index contributed by atoms with van der Waals surface area (Å²) in [6.45, 7) is 7.79. The number of rotatable bonds is 9. The van der Waals surface area contributed by atoms with Gasteiger partial charge in [0, 0.05) is 13.2 Å². The molecule has 1 nitrogen and oxygen atoms in total. The van der Waals surface area contributed by atoms with Gasteiger partial charge in [-0.15, -0.1) is 6.08 Å². The normalized spacial score (nSPS) is 9.73. The first-order chi connectivity index (χ1) is 6.41. The van der Waals surface area contributed by atoms with E-state index < -0.39 is 0 Å². The fraction of sp³-hybridized carbons (Fsp3) is 0.750. The summed E-state index contributed by atoms with van der Waals surface area (Å²) in [7, 11) is 0. The van der Waals surface area contributed by atoms with Crippen LogP contribution in [0.5, 0.6) is 0 Å². The molecule has 0 bridgehead atoms. The van der Waals surface area contributed by atoms with E-state index >= 15 is 0 Å². The molecule has 0 atom stereocenters. The Hall–Kier alpha value is 1.20. The van der Waals surface area contributed by atoms with Crippen LogP contribution < -0.4 is 24.0 Å². The molecule has 0 aromatic carbocycles. The van der Waals surface area contributed by atoms with Gasteiger partial charge in [0.25, 0.3) is 0 Å². The predicted molar refractivity (Wildman–Crippen MR) is 64.4 cm³/mol. The molecule has 3 heteroatoms. The maximum absolute atomic E-state index is 5.47. The maximum atomic E-state index is 5.47. The number of allylic oxidation sites excluding steroid dienone is 2. The van der Waals surface area contributed by atoms with E-state index in [1.165, 1.54) is 19.3 Å². The summed E-state index contributed by atoms with van der Waals surface area (Å²) < 4.78 is 5.47. The van der Waals surface area contributed by atoms with Crippen LogP contribution in [0.3, 0.4) is 0 Å². The van der Waals surface area contributed by atoms with Crippen LogP contribution in [0.4, 0.5) is 0 Å². The van der Waals surface area contributed by atoms with Crippen molar-refractivity contribution in [3.63, 3.8) is 0 Å². The molecule has 0 aliphatic rings. The summed E-state index contributed by atoms with van der Waals surface area (Å²) in [6.07, 6.45) is 11.2. The Labute approximate surface area is 129 Å². The zero-order chi connectivity index (χ0) is 9.78. The number of ether oxygens (including phenoxy) is 1. The minimum atomic E-state index is 0. The molecule has 0 saturated carbocycles. The van der Waals surface area contributed by atoms with E-state index in [2.05, 4.69) is 26.0 Å². The topological polar surface area (TPSA) is 9.23 Å². The third-order valence-corrected chi connectivity index (χ3v) is 1.89. The minimum absolute atomic E-state index is 0. The first kappa shape index (κ1) is 21.5. The van der Waals surface area contributed by atoms with E-state index in [-0.39, 0.29) is 47.0 Å². The molecule has 86 valence electrons. The summed E-state index contributed by atoms with van der Waals surface area (Å²) in [4.78, 5) is 0. The monoisotopic (exact) mass is 334 g/mol. The van der Waals surface area contributed by atoms with Crippen LogP contribution in [0.2, 0.25) is 0 Å². The van der Waals surface area contributed by atoms with Crippen molar-refractivity contribution in [2.24, 2.45) is 0 Å². The van der Waals surface area contributed by atoms with Crippen LogP contribution in [0.25, 0.3) is 0 Å². The van der Waals surface area contributed by atoms with Crippen LogP contribution >= 0.6 is 0 Å². The van der Waals surface area contributed by atoms with Crippen molar-refractivity contribution in [1.29, 1.82) is 0 Å². The molecule has 0 radical (unpaired) electrons. The van der Waals surface area contributed by atoms with Crippen LogP contribution in [0.15, 0.2) is 12.2 Å². The fourth-order valence-electron chi connectivity index (χ4n) is 1.10. The van der Waals surface area contributed by atoms with Crippen molar-refractivity contribution in [1.82, 2.24) is 0 Å². The second-order valence-electron chi connectivity index (χ2n) is 3.22. The molecule has 0 N–H and O–H groups in total. The molecule has 0 aliphatic carbocycles. The van der Waals surface area contributed by atoms with Crippen molar-refractivity contribution >= 4 is 23.1 Å². The van der Waals surface area contributed by atoms with Crippen molar-refractivity contribution < 1.29 is 28.7 Å². The second kappa shape index (κ2) is 20.6. The molecule has 15 heavy (non-hydrogen) atoms. The van der Waals surface area contributed by atoms with Crippen LogP contribution in [-0.4, -0.2) is 36.3 Å². The van der Waals surface area contributed by atoms with Gasteiger partial charge in [-0.1, -0.05) is 25.8 Å². The van der Waals surface area contributed by atoms with E-state index in [0.29, 0.717) is 0 Å². The largest absolute Gasteiger partial charge is 2.00 e. The SMILES string of the molecule is [CH2-]C/C=C\CCCOCCCCC.[I-].[Mg+2]. The Morgan fingerprint density at radius 1 is 1.07 bits per heavy atom. The van der Waals surface area contributed by atoms with Crippen LogP contribution in [0, 0.1) is 6.92 Å². The molecular formula is C12H23IMgO. The summed E-state index contributed by atoms with van der Waals surface area (Å²) in [6, 6.07) is 0. The average molecular weight is 335 g/mol. The maximum Gasteiger partial charge on any atom is 2.00 e. The third-order valence-electron chi connectivity index (χ3n) is 1.89. The van der Waals surface area contributed by atoms with E-state index in [0.717, 1.165) is 32.5 Å². The van der Waals surface area contributed by atoms with Gasteiger partial charge >= 0.3 is 23.1 Å². The molecule has 0 unspecified atom stereocenters. The van der Waals surface area contributed by atoms with Gasteiger partial charge in [0.2, 0.25) is 0 Å². The quantitative estimate of drug-likeness (QED) is 0.195. The van der Waals surface area contributed by atoms with Gasteiger partial charge in [-0.2, -0.15) is 6.42 Å². The van der Waals surface area contributed by atoms with E-state index in [4.69, 9.17) is 4.74 Å². The molecule has 0 aliphatic heterocycles. The predicted octanol–water partition coefficient (Wildman–Crippen LogP) is 0.377. The van der Waals surface area contributed by atoms with Crippen molar-refractivity contribution in [3.8, 4) is 0 Å². The first-order valence-electron chi connectivity index (χ1n) is 5.43. The van der Waals surface area contributed by atoms with Gasteiger partial charge in [-0.3, -0.25) is 0 Å². The molecule has 0 saturated heterocycles. The zero-order valence-corrected chi connectivity index (χ0v) is 13.6. The smallest absolute Gasteiger partial charge is 1.00 e. The second-order valence-corrected chi connectivity index (χ2v) is 3.22. The van der Waals surface area contributed by atoms with Crippen LogP contribution in [0.1, 0.15) is 45.4 Å². The number of unbranched alkanes of at least 4 members (excludes halogenated alkanes) is 3. The molecule has 0 aromatic rings. The van der Waals surface area contributed by atoms with Gasteiger partial charge < -0.3 is 35.6 Å². The number of hydrogen-bond acceptors (Lipinski definition) is 1. The van der Waals surface area contributed by atoms with E-state index in [1.54, 1.807) is 0 Å². The summed E-state index contributed by atoms with van der Waals surface area (Å²) in [5, 5.41) is 0. The molecule has 0 heterocycles. The summed E-state index contributed by atoms with van der Waals surface area (Å²) in [5.41, 5.74) is 0. The molecule has 0 fully saturated rings. The first-order valence-corrected chi connectivity index (χ1v) is 5.43. The fourth-order valence-corrected chi connectivity index (χ4v) is 1.10. The minimum Gasteiger partial charge on any atom is -1.00 e. The van der Waals surface area contributed by atoms with Gasteiger partial charge in [-0.05, 0) is 19.3 Å². The Morgan fingerprint density at radius 2 is 1.73 bits per heavy atom. The molecule has 0 amide bonds. The Morgan fingerprint density at radius 3 is 2.33 bits per heavy atom. The zero-order valence-electron chi connectivity index (χ0n) is 10.0. The molecule has 0 aromatic heterocycles. The molecule has 0 spiro atoms. The number of hydrogen-bond donors (Lipinski definition) is 0. The molecule has 0 rings (SSSR count). The molecular weight excluding hydrogens is 311 g/mol. The summed E-state index contributed by atoms with van der Waals surface area (Å²) >= 11 is 0. The Balaban J connectivity index is -0.000000720. The third kappa shape index (κ3) is 21.1. The van der Waals surface area contributed by atoms with E-state index in [9.17, 15) is 0 Å². The Bertz CT molecular complexity index is 118. The van der Waals surface area contributed by atoms with Crippen LogP contribution in [-0.2, 0) is 4.74 Å². The Kier molecular flexibility index (Phi) is 29.5.